The molecule has 0 radical (unpaired) electrons. The van der Waals surface area contributed by atoms with Crippen LogP contribution in [0.1, 0.15) is 44.8 Å². The average Bonchev–Trinajstić information content (AvgIpc) is 2.28. The summed E-state index contributed by atoms with van der Waals surface area (Å²) in [5.74, 6) is 1.86. The second-order valence-electron chi connectivity index (χ2n) is 5.40. The Balaban J connectivity index is 2.48. The van der Waals surface area contributed by atoms with Crippen LogP contribution in [0.2, 0.25) is 0 Å². The molecule has 1 aromatic rings. The van der Waals surface area contributed by atoms with Gasteiger partial charge in [-0.3, -0.25) is 0 Å². The summed E-state index contributed by atoms with van der Waals surface area (Å²) in [6, 6.07) is 0. The van der Waals surface area contributed by atoms with Crippen LogP contribution in [0.15, 0.2) is 0 Å². The van der Waals surface area contributed by atoms with E-state index in [2.05, 4.69) is 38.0 Å². The number of nitrogens with zero attached hydrogens (tertiary/aromatic N) is 2. The molecule has 0 aliphatic carbocycles. The Morgan fingerprint density at radius 1 is 1.29 bits per heavy atom. The molecule has 1 aliphatic heterocycles. The van der Waals surface area contributed by atoms with Crippen LogP contribution in [0, 0.1) is 0 Å². The zero-order chi connectivity index (χ0) is 12.5. The van der Waals surface area contributed by atoms with Crippen LogP contribution >= 0.6 is 0 Å². The number of ether oxygens (including phenoxy) is 1. The van der Waals surface area contributed by atoms with E-state index >= 15 is 0 Å². The smallest absolute Gasteiger partial charge is 0.136 e. The summed E-state index contributed by atoms with van der Waals surface area (Å²) < 4.78 is 5.49. The molecular weight excluding hydrogens is 214 g/mol. The van der Waals surface area contributed by atoms with Crippen molar-refractivity contribution in [3.63, 3.8) is 0 Å². The molecule has 2 rings (SSSR count). The Bertz CT molecular complexity index is 410. The molecule has 1 aliphatic rings. The topological polar surface area (TPSA) is 47.0 Å². The molecule has 0 saturated heterocycles. The molecular formula is C13H21N3O. The van der Waals surface area contributed by atoms with Crippen molar-refractivity contribution in [2.75, 3.05) is 18.5 Å². The van der Waals surface area contributed by atoms with Gasteiger partial charge in [-0.05, 0) is 6.92 Å². The third-order valence-corrected chi connectivity index (χ3v) is 2.84. The van der Waals surface area contributed by atoms with Gasteiger partial charge in [-0.1, -0.05) is 20.8 Å². The number of aromatic nitrogens is 2. The van der Waals surface area contributed by atoms with Crippen molar-refractivity contribution in [1.29, 1.82) is 0 Å². The average molecular weight is 235 g/mol. The molecule has 1 N–H and O–H groups in total. The van der Waals surface area contributed by atoms with Crippen molar-refractivity contribution >= 4 is 5.82 Å². The van der Waals surface area contributed by atoms with Crippen molar-refractivity contribution in [2.45, 2.75) is 46.1 Å². The third kappa shape index (κ3) is 2.57. The summed E-state index contributed by atoms with van der Waals surface area (Å²) in [4.78, 5) is 9.34. The Morgan fingerprint density at radius 3 is 2.71 bits per heavy atom. The number of anilines is 1. The van der Waals surface area contributed by atoms with E-state index in [1.165, 1.54) is 0 Å². The standard InChI is InChI=1S/C13H21N3O/c1-5-14-11-9-8-17-7-6-10(9)15-12(16-11)13(2,3)4/h5-8H2,1-4H3,(H,14,15,16). The molecule has 0 unspecified atom stereocenters. The molecule has 0 amide bonds. The van der Waals surface area contributed by atoms with Crippen LogP contribution in [-0.4, -0.2) is 23.1 Å². The van der Waals surface area contributed by atoms with Gasteiger partial charge >= 0.3 is 0 Å². The van der Waals surface area contributed by atoms with Gasteiger partial charge in [0.2, 0.25) is 0 Å². The summed E-state index contributed by atoms with van der Waals surface area (Å²) in [7, 11) is 0. The zero-order valence-corrected chi connectivity index (χ0v) is 11.1. The highest BCUT2D eigenvalue weighted by atomic mass is 16.5. The zero-order valence-electron chi connectivity index (χ0n) is 11.1. The van der Waals surface area contributed by atoms with Crippen molar-refractivity contribution in [3.05, 3.63) is 17.1 Å². The van der Waals surface area contributed by atoms with E-state index in [-0.39, 0.29) is 5.41 Å². The third-order valence-electron chi connectivity index (χ3n) is 2.84. The minimum atomic E-state index is -0.0164. The highest BCUT2D eigenvalue weighted by Gasteiger charge is 2.23. The van der Waals surface area contributed by atoms with Gasteiger partial charge in [0, 0.05) is 23.9 Å². The van der Waals surface area contributed by atoms with Crippen LogP contribution in [0.3, 0.4) is 0 Å². The normalized spacial score (nSPS) is 15.5. The fraction of sp³-hybridized carbons (Fsp3) is 0.692. The van der Waals surface area contributed by atoms with E-state index in [9.17, 15) is 0 Å². The Hall–Kier alpha value is -1.16. The predicted molar refractivity (Wildman–Crippen MR) is 68.3 cm³/mol. The lowest BCUT2D eigenvalue weighted by Crippen LogP contribution is -2.23. The van der Waals surface area contributed by atoms with Crippen LogP contribution in [0.4, 0.5) is 5.82 Å². The molecule has 17 heavy (non-hydrogen) atoms. The van der Waals surface area contributed by atoms with Gasteiger partial charge in [0.05, 0.1) is 18.9 Å². The highest BCUT2D eigenvalue weighted by molar-refractivity contribution is 5.47. The minimum absolute atomic E-state index is 0.0164. The summed E-state index contributed by atoms with van der Waals surface area (Å²) in [6.45, 7) is 10.8. The van der Waals surface area contributed by atoms with E-state index < -0.39 is 0 Å². The van der Waals surface area contributed by atoms with Gasteiger partial charge in [0.1, 0.15) is 11.6 Å². The molecule has 0 atom stereocenters. The molecule has 1 aromatic heterocycles. The molecule has 4 nitrogen and oxygen atoms in total. The molecule has 0 bridgehead atoms. The van der Waals surface area contributed by atoms with E-state index in [4.69, 9.17) is 9.72 Å². The van der Waals surface area contributed by atoms with E-state index in [0.717, 1.165) is 42.5 Å². The van der Waals surface area contributed by atoms with Crippen LogP contribution in [0.5, 0.6) is 0 Å². The lowest BCUT2D eigenvalue weighted by atomic mass is 9.95. The molecule has 0 aromatic carbocycles. The Labute approximate surface area is 103 Å². The Morgan fingerprint density at radius 2 is 2.06 bits per heavy atom. The first-order valence-corrected chi connectivity index (χ1v) is 6.24. The minimum Gasteiger partial charge on any atom is -0.376 e. The van der Waals surface area contributed by atoms with E-state index in [1.807, 2.05) is 0 Å². The number of hydrogen-bond donors (Lipinski definition) is 1. The van der Waals surface area contributed by atoms with Crippen molar-refractivity contribution < 1.29 is 4.74 Å². The number of fused-ring (bicyclic) bond motifs is 1. The molecule has 0 saturated carbocycles. The second kappa shape index (κ2) is 4.61. The maximum atomic E-state index is 5.49. The highest BCUT2D eigenvalue weighted by Crippen LogP contribution is 2.26. The van der Waals surface area contributed by atoms with E-state index in [1.54, 1.807) is 0 Å². The number of hydrogen-bond acceptors (Lipinski definition) is 4. The van der Waals surface area contributed by atoms with Crippen LogP contribution < -0.4 is 5.32 Å². The first kappa shape index (κ1) is 12.3. The SMILES string of the molecule is CCNc1nc(C(C)(C)C)nc2c1COCC2. The molecule has 4 heteroatoms. The molecule has 2 heterocycles. The van der Waals surface area contributed by atoms with Gasteiger partial charge in [-0.25, -0.2) is 9.97 Å². The van der Waals surface area contributed by atoms with Crippen LogP contribution in [-0.2, 0) is 23.2 Å². The van der Waals surface area contributed by atoms with Gasteiger partial charge < -0.3 is 10.1 Å². The largest absolute Gasteiger partial charge is 0.376 e. The number of rotatable bonds is 2. The Kier molecular flexibility index (Phi) is 3.33. The number of nitrogens with one attached hydrogen (secondary N) is 1. The summed E-state index contributed by atoms with van der Waals surface area (Å²) in [6.07, 6.45) is 0.888. The molecule has 94 valence electrons. The predicted octanol–water partition coefficient (Wildman–Crippen LogP) is 2.28. The summed E-state index contributed by atoms with van der Waals surface area (Å²) in [5.41, 5.74) is 2.26. The fourth-order valence-electron chi connectivity index (χ4n) is 1.88. The summed E-state index contributed by atoms with van der Waals surface area (Å²) >= 11 is 0. The lowest BCUT2D eigenvalue weighted by molar-refractivity contribution is 0.109. The maximum Gasteiger partial charge on any atom is 0.136 e. The summed E-state index contributed by atoms with van der Waals surface area (Å²) in [5, 5.41) is 3.32. The van der Waals surface area contributed by atoms with Crippen LogP contribution in [0.25, 0.3) is 0 Å². The fourth-order valence-corrected chi connectivity index (χ4v) is 1.88. The van der Waals surface area contributed by atoms with Crippen molar-refractivity contribution in [1.82, 2.24) is 9.97 Å². The van der Waals surface area contributed by atoms with E-state index in [0.29, 0.717) is 6.61 Å². The second-order valence-corrected chi connectivity index (χ2v) is 5.40. The first-order valence-electron chi connectivity index (χ1n) is 6.24. The van der Waals surface area contributed by atoms with Gasteiger partial charge in [-0.15, -0.1) is 0 Å². The van der Waals surface area contributed by atoms with Gasteiger partial charge in [0.25, 0.3) is 0 Å². The quantitative estimate of drug-likeness (QED) is 0.854. The van der Waals surface area contributed by atoms with Gasteiger partial charge in [-0.2, -0.15) is 0 Å². The monoisotopic (exact) mass is 235 g/mol. The van der Waals surface area contributed by atoms with Gasteiger partial charge in [0.15, 0.2) is 0 Å². The van der Waals surface area contributed by atoms with Crippen molar-refractivity contribution in [3.8, 4) is 0 Å². The first-order chi connectivity index (χ1) is 8.02. The molecule has 0 spiro atoms. The molecule has 0 fully saturated rings. The van der Waals surface area contributed by atoms with Crippen molar-refractivity contribution in [2.24, 2.45) is 0 Å². The lowest BCUT2D eigenvalue weighted by Gasteiger charge is -2.24. The maximum absolute atomic E-state index is 5.49.